The normalized spacial score (nSPS) is 12.1. The highest BCUT2D eigenvalue weighted by molar-refractivity contribution is 5.79. The highest BCUT2D eigenvalue weighted by atomic mass is 16.6. The molecule has 1 atom stereocenters. The fraction of sp³-hybridized carbons (Fsp3) is 0.462. The van der Waals surface area contributed by atoms with E-state index in [-0.39, 0.29) is 11.6 Å². The van der Waals surface area contributed by atoms with Crippen LogP contribution in [0.25, 0.3) is 0 Å². The first-order chi connectivity index (χ1) is 10.5. The summed E-state index contributed by atoms with van der Waals surface area (Å²) in [6.07, 6.45) is 2.83. The number of rotatable bonds is 6. The lowest BCUT2D eigenvalue weighted by Gasteiger charge is -2.14. The summed E-state index contributed by atoms with van der Waals surface area (Å²) in [4.78, 5) is 22.5. The number of amides is 1. The van der Waals surface area contributed by atoms with E-state index >= 15 is 0 Å². The lowest BCUT2D eigenvalue weighted by atomic mass is 10.3. The lowest BCUT2D eigenvalue weighted by Crippen LogP contribution is -2.32. The number of carbonyl (C=O) groups is 1. The highest BCUT2D eigenvalue weighted by Crippen LogP contribution is 2.19. The minimum absolute atomic E-state index is 0.0938. The van der Waals surface area contributed by atoms with Crippen LogP contribution in [-0.2, 0) is 17.9 Å². The van der Waals surface area contributed by atoms with Crippen molar-refractivity contribution in [3.05, 3.63) is 40.0 Å². The van der Waals surface area contributed by atoms with Crippen LogP contribution in [0.2, 0.25) is 0 Å². The minimum atomic E-state index is -0.633. The number of nitrogens with one attached hydrogen (secondary N) is 1. The van der Waals surface area contributed by atoms with Gasteiger partial charge in [0.2, 0.25) is 5.91 Å². The summed E-state index contributed by atoms with van der Waals surface area (Å²) >= 11 is 0. The van der Waals surface area contributed by atoms with Crippen LogP contribution in [0.5, 0.6) is 0 Å². The Labute approximate surface area is 127 Å². The molecule has 22 heavy (non-hydrogen) atoms. The average Bonchev–Trinajstić information content (AvgIpc) is 3.09. The van der Waals surface area contributed by atoms with Crippen LogP contribution in [0.1, 0.15) is 31.3 Å². The first kappa shape index (κ1) is 15.7. The molecule has 2 aromatic rings. The van der Waals surface area contributed by atoms with E-state index in [1.807, 2.05) is 13.0 Å². The van der Waals surface area contributed by atoms with Crippen LogP contribution in [0.4, 0.5) is 5.69 Å². The average molecular weight is 306 g/mol. The third kappa shape index (κ3) is 2.97. The van der Waals surface area contributed by atoms with Crippen molar-refractivity contribution in [1.29, 1.82) is 0 Å². The Morgan fingerprint density at radius 1 is 1.50 bits per heavy atom. The SMILES string of the molecule is CCn1nccc1CNC(=O)C(C)n1ncc([N+](=O)[O-])c1C. The van der Waals surface area contributed by atoms with Gasteiger partial charge in [0.1, 0.15) is 17.9 Å². The zero-order valence-corrected chi connectivity index (χ0v) is 12.7. The second kappa shape index (κ2) is 6.37. The summed E-state index contributed by atoms with van der Waals surface area (Å²) in [6.45, 7) is 6.25. The van der Waals surface area contributed by atoms with Crippen molar-refractivity contribution in [2.24, 2.45) is 0 Å². The topological polar surface area (TPSA) is 108 Å². The van der Waals surface area contributed by atoms with E-state index in [2.05, 4.69) is 15.5 Å². The number of aromatic nitrogens is 4. The number of hydrogen-bond donors (Lipinski definition) is 1. The van der Waals surface area contributed by atoms with E-state index < -0.39 is 11.0 Å². The number of hydrogen-bond acceptors (Lipinski definition) is 5. The van der Waals surface area contributed by atoms with Crippen molar-refractivity contribution in [2.75, 3.05) is 0 Å². The molecule has 2 heterocycles. The number of nitro groups is 1. The van der Waals surface area contributed by atoms with Gasteiger partial charge in [-0.1, -0.05) is 0 Å². The van der Waals surface area contributed by atoms with Gasteiger partial charge in [0.25, 0.3) is 0 Å². The first-order valence-electron chi connectivity index (χ1n) is 6.92. The van der Waals surface area contributed by atoms with Crippen molar-refractivity contribution in [3.63, 3.8) is 0 Å². The van der Waals surface area contributed by atoms with E-state index in [1.165, 1.54) is 4.68 Å². The molecule has 0 saturated carbocycles. The smallest absolute Gasteiger partial charge is 0.309 e. The van der Waals surface area contributed by atoms with Crippen molar-refractivity contribution >= 4 is 11.6 Å². The summed E-state index contributed by atoms with van der Waals surface area (Å²) in [5.41, 5.74) is 1.15. The molecule has 0 aliphatic rings. The minimum Gasteiger partial charge on any atom is -0.349 e. The maximum Gasteiger partial charge on any atom is 0.309 e. The standard InChI is InChI=1S/C13H18N6O3/c1-4-17-11(5-6-15-17)7-14-13(20)10(3)18-9(2)12(8-16-18)19(21)22/h5-6,8,10H,4,7H2,1-3H3,(H,14,20). The highest BCUT2D eigenvalue weighted by Gasteiger charge is 2.23. The van der Waals surface area contributed by atoms with E-state index in [4.69, 9.17) is 0 Å². The summed E-state index contributed by atoms with van der Waals surface area (Å²) < 4.78 is 3.14. The Kier molecular flexibility index (Phi) is 4.54. The molecular formula is C13H18N6O3. The third-order valence-corrected chi connectivity index (χ3v) is 3.51. The first-order valence-corrected chi connectivity index (χ1v) is 6.92. The quantitative estimate of drug-likeness (QED) is 0.637. The van der Waals surface area contributed by atoms with Gasteiger partial charge in [-0.15, -0.1) is 0 Å². The van der Waals surface area contributed by atoms with Gasteiger partial charge in [-0.25, -0.2) is 0 Å². The van der Waals surface area contributed by atoms with Gasteiger partial charge in [-0.3, -0.25) is 24.3 Å². The third-order valence-electron chi connectivity index (χ3n) is 3.51. The van der Waals surface area contributed by atoms with Crippen LogP contribution in [0.3, 0.4) is 0 Å². The number of carbonyl (C=O) groups excluding carboxylic acids is 1. The van der Waals surface area contributed by atoms with Crippen LogP contribution in [0, 0.1) is 17.0 Å². The Balaban J connectivity index is 2.05. The molecule has 0 spiro atoms. The van der Waals surface area contributed by atoms with Gasteiger partial charge in [0.05, 0.1) is 17.2 Å². The van der Waals surface area contributed by atoms with Crippen molar-refractivity contribution in [1.82, 2.24) is 24.9 Å². The Hall–Kier alpha value is -2.71. The van der Waals surface area contributed by atoms with Crippen LogP contribution < -0.4 is 5.32 Å². The van der Waals surface area contributed by atoms with E-state index in [0.717, 1.165) is 18.4 Å². The maximum atomic E-state index is 12.2. The molecule has 0 saturated heterocycles. The molecule has 0 aliphatic heterocycles. The Morgan fingerprint density at radius 3 is 2.82 bits per heavy atom. The summed E-state index contributed by atoms with van der Waals surface area (Å²) in [7, 11) is 0. The molecule has 1 N–H and O–H groups in total. The molecule has 2 aromatic heterocycles. The lowest BCUT2D eigenvalue weighted by molar-refractivity contribution is -0.385. The zero-order valence-electron chi connectivity index (χ0n) is 12.7. The predicted molar refractivity (Wildman–Crippen MR) is 78.1 cm³/mol. The molecule has 0 radical (unpaired) electrons. The van der Waals surface area contributed by atoms with Crippen molar-refractivity contribution in [2.45, 2.75) is 39.9 Å². The van der Waals surface area contributed by atoms with Gasteiger partial charge in [-0.2, -0.15) is 10.2 Å². The fourth-order valence-corrected chi connectivity index (χ4v) is 2.22. The fourth-order valence-electron chi connectivity index (χ4n) is 2.22. The van der Waals surface area contributed by atoms with Crippen molar-refractivity contribution < 1.29 is 9.72 Å². The van der Waals surface area contributed by atoms with Crippen LogP contribution >= 0.6 is 0 Å². The number of nitrogens with zero attached hydrogens (tertiary/aromatic N) is 5. The molecule has 0 aromatic carbocycles. The van der Waals surface area contributed by atoms with Crippen LogP contribution in [-0.4, -0.2) is 30.4 Å². The second-order valence-electron chi connectivity index (χ2n) is 4.85. The summed E-state index contributed by atoms with van der Waals surface area (Å²) in [5.74, 6) is -0.259. The zero-order chi connectivity index (χ0) is 16.3. The molecular weight excluding hydrogens is 288 g/mol. The van der Waals surface area contributed by atoms with Crippen LogP contribution in [0.15, 0.2) is 18.5 Å². The van der Waals surface area contributed by atoms with Gasteiger partial charge < -0.3 is 5.32 Å². The molecule has 1 unspecified atom stereocenters. The second-order valence-corrected chi connectivity index (χ2v) is 4.85. The molecule has 9 heteroatoms. The summed E-state index contributed by atoms with van der Waals surface area (Å²) in [5, 5.41) is 21.7. The molecule has 0 bridgehead atoms. The van der Waals surface area contributed by atoms with E-state index in [9.17, 15) is 14.9 Å². The number of aryl methyl sites for hydroxylation is 1. The molecule has 0 aliphatic carbocycles. The van der Waals surface area contributed by atoms with Crippen molar-refractivity contribution in [3.8, 4) is 0 Å². The molecule has 2 rings (SSSR count). The van der Waals surface area contributed by atoms with Gasteiger partial charge >= 0.3 is 5.69 Å². The molecule has 0 fully saturated rings. The van der Waals surface area contributed by atoms with Gasteiger partial charge in [0.15, 0.2) is 0 Å². The maximum absolute atomic E-state index is 12.2. The molecule has 118 valence electrons. The van der Waals surface area contributed by atoms with Gasteiger partial charge in [0, 0.05) is 12.7 Å². The Bertz CT molecular complexity index is 690. The summed E-state index contributed by atoms with van der Waals surface area (Å²) in [6, 6.07) is 1.20. The van der Waals surface area contributed by atoms with E-state index in [1.54, 1.807) is 24.7 Å². The largest absolute Gasteiger partial charge is 0.349 e. The Morgan fingerprint density at radius 2 is 2.23 bits per heavy atom. The van der Waals surface area contributed by atoms with E-state index in [0.29, 0.717) is 12.2 Å². The van der Waals surface area contributed by atoms with Gasteiger partial charge in [-0.05, 0) is 26.8 Å². The predicted octanol–water partition coefficient (Wildman–Crippen LogP) is 1.19. The monoisotopic (exact) mass is 306 g/mol. The molecule has 9 nitrogen and oxygen atoms in total. The molecule has 1 amide bonds.